The number of anilines is 6. The van der Waals surface area contributed by atoms with Crippen LogP contribution in [0.25, 0.3) is 112 Å². The molecule has 3 aliphatic rings. The molecule has 3 heterocycles. The normalized spacial score (nSPS) is 13.0. The standard InChI is InChI=1S/C78H53N5/c1-78(2)69-36-16-13-33-63(69)64-42-39-55(49-70(64)78)52-25-19-27-57(45-52)82-71-37-17-14-34-65(71)59-29-9-11-31-61(59)67-47-53(40-43-73(67)82)54-41-44-74-68(48-54)62-32-12-10-30-60(62)66-35-15-18-38-72(66)83(74)58-28-20-26-56(46-58)77-80-75(50-21-5-3-6-22-50)79-76(81-77)51-23-7-4-8-24-51/h3-49H,1-2H3. The number of hydrogen-bond donors (Lipinski definition) is 0. The molecule has 0 N–H and O–H groups in total. The summed E-state index contributed by atoms with van der Waals surface area (Å²) in [6.07, 6.45) is 0. The maximum atomic E-state index is 5.15. The van der Waals surface area contributed by atoms with Gasteiger partial charge >= 0.3 is 0 Å². The van der Waals surface area contributed by atoms with Gasteiger partial charge in [-0.25, -0.2) is 15.0 Å². The zero-order valence-electron chi connectivity index (χ0n) is 45.9. The molecular formula is C78H53N5. The zero-order valence-corrected chi connectivity index (χ0v) is 45.9. The van der Waals surface area contributed by atoms with E-state index in [1.54, 1.807) is 0 Å². The molecule has 0 saturated carbocycles. The Balaban J connectivity index is 0.832. The van der Waals surface area contributed by atoms with Crippen LogP contribution in [0.15, 0.2) is 285 Å². The Morgan fingerprint density at radius 2 is 0.578 bits per heavy atom. The van der Waals surface area contributed by atoms with E-state index in [2.05, 4.69) is 272 Å². The van der Waals surface area contributed by atoms with Crippen molar-refractivity contribution in [2.24, 2.45) is 0 Å². The third kappa shape index (κ3) is 7.95. The van der Waals surface area contributed by atoms with Crippen molar-refractivity contribution in [3.63, 3.8) is 0 Å². The highest BCUT2D eigenvalue weighted by atomic mass is 15.2. The predicted octanol–water partition coefficient (Wildman–Crippen LogP) is 20.7. The summed E-state index contributed by atoms with van der Waals surface area (Å²) in [5, 5.41) is 0. The van der Waals surface area contributed by atoms with Crippen molar-refractivity contribution in [2.75, 3.05) is 9.80 Å². The van der Waals surface area contributed by atoms with Crippen LogP contribution in [0.5, 0.6) is 0 Å². The van der Waals surface area contributed by atoms with Gasteiger partial charge in [-0.05, 0) is 133 Å². The minimum atomic E-state index is -0.0955. The Hall–Kier alpha value is -10.8. The van der Waals surface area contributed by atoms with Crippen molar-refractivity contribution in [2.45, 2.75) is 19.3 Å². The molecule has 83 heavy (non-hydrogen) atoms. The molecule has 1 aromatic heterocycles. The Kier molecular flexibility index (Phi) is 11.2. The van der Waals surface area contributed by atoms with Gasteiger partial charge in [-0.2, -0.15) is 0 Å². The fourth-order valence-electron chi connectivity index (χ4n) is 13.2. The fraction of sp³-hybridized carbons (Fsp3) is 0.0385. The van der Waals surface area contributed by atoms with Gasteiger partial charge in [-0.3, -0.25) is 0 Å². The molecule has 0 unspecified atom stereocenters. The molecular weight excluding hydrogens is 1010 g/mol. The molecule has 5 heteroatoms. The highest BCUT2D eigenvalue weighted by molar-refractivity contribution is 6.06. The average molecular weight is 1060 g/mol. The van der Waals surface area contributed by atoms with Crippen LogP contribution in [0.2, 0.25) is 0 Å². The summed E-state index contributed by atoms with van der Waals surface area (Å²) in [5.41, 5.74) is 28.7. The third-order valence-electron chi connectivity index (χ3n) is 17.2. The van der Waals surface area contributed by atoms with Gasteiger partial charge in [-0.1, -0.05) is 232 Å². The highest BCUT2D eigenvalue weighted by Crippen LogP contribution is 2.55. The number of nitrogens with zero attached hydrogens (tertiary/aromatic N) is 5. The first-order chi connectivity index (χ1) is 40.9. The number of benzene rings is 12. The Morgan fingerprint density at radius 3 is 1.11 bits per heavy atom. The van der Waals surface area contributed by atoms with Crippen molar-refractivity contribution in [1.82, 2.24) is 15.0 Å². The van der Waals surface area contributed by atoms with E-state index in [9.17, 15) is 0 Å². The second-order valence-electron chi connectivity index (χ2n) is 22.3. The average Bonchev–Trinajstić information content (AvgIpc) is 3.07. The summed E-state index contributed by atoms with van der Waals surface area (Å²) in [5.74, 6) is 1.86. The molecule has 1 aliphatic carbocycles. The molecule has 16 rings (SSSR count). The molecule has 0 radical (unpaired) electrons. The molecule has 0 bridgehead atoms. The van der Waals surface area contributed by atoms with Gasteiger partial charge in [0.15, 0.2) is 17.5 Å². The molecule has 13 aromatic rings. The Morgan fingerprint density at radius 1 is 0.229 bits per heavy atom. The lowest BCUT2D eigenvalue weighted by atomic mass is 9.81. The lowest BCUT2D eigenvalue weighted by molar-refractivity contribution is 0.660. The van der Waals surface area contributed by atoms with Crippen LogP contribution in [-0.4, -0.2) is 15.0 Å². The molecule has 0 spiro atoms. The van der Waals surface area contributed by atoms with Crippen LogP contribution in [0.3, 0.4) is 0 Å². The molecule has 5 nitrogen and oxygen atoms in total. The quantitative estimate of drug-likeness (QED) is 0.159. The molecule has 0 amide bonds. The topological polar surface area (TPSA) is 45.2 Å². The van der Waals surface area contributed by atoms with E-state index in [1.165, 1.54) is 66.8 Å². The van der Waals surface area contributed by atoms with Crippen LogP contribution in [0, 0.1) is 0 Å². The summed E-state index contributed by atoms with van der Waals surface area (Å²) >= 11 is 0. The smallest absolute Gasteiger partial charge is 0.164 e. The van der Waals surface area contributed by atoms with Crippen molar-refractivity contribution < 1.29 is 0 Å². The molecule has 12 aromatic carbocycles. The number of rotatable bonds is 7. The summed E-state index contributed by atoms with van der Waals surface area (Å²) in [6, 6.07) is 103. The first kappa shape index (κ1) is 48.2. The predicted molar refractivity (Wildman–Crippen MR) is 343 cm³/mol. The SMILES string of the molecule is CC1(C)c2ccccc2-c2ccc(-c3cccc(N4c5ccccc5-c5ccccc5-c5cc(-c6ccc7c(c6)-c6ccccc6-c6ccccc6N7c6cccc(-c7nc(-c8ccccc8)nc(-c8ccccc8)n7)c6)ccc54)c3)cc21. The monoisotopic (exact) mass is 1060 g/mol. The van der Waals surface area contributed by atoms with Gasteiger partial charge in [0, 0.05) is 55.7 Å². The first-order valence-electron chi connectivity index (χ1n) is 28.5. The van der Waals surface area contributed by atoms with E-state index in [1.807, 2.05) is 36.4 Å². The third-order valence-corrected chi connectivity index (χ3v) is 17.2. The van der Waals surface area contributed by atoms with E-state index < -0.39 is 0 Å². The van der Waals surface area contributed by atoms with E-state index >= 15 is 0 Å². The lowest BCUT2D eigenvalue weighted by Gasteiger charge is -2.29. The minimum absolute atomic E-state index is 0.0955. The van der Waals surface area contributed by atoms with Gasteiger partial charge in [-0.15, -0.1) is 0 Å². The molecule has 390 valence electrons. The van der Waals surface area contributed by atoms with Gasteiger partial charge in [0.1, 0.15) is 0 Å². The summed E-state index contributed by atoms with van der Waals surface area (Å²) in [6.45, 7) is 4.71. The van der Waals surface area contributed by atoms with E-state index in [0.29, 0.717) is 17.5 Å². The first-order valence-corrected chi connectivity index (χ1v) is 28.5. The summed E-state index contributed by atoms with van der Waals surface area (Å²) < 4.78 is 0. The maximum Gasteiger partial charge on any atom is 0.164 e. The van der Waals surface area contributed by atoms with Crippen molar-refractivity contribution >= 4 is 34.1 Å². The number of aromatic nitrogens is 3. The van der Waals surface area contributed by atoms with E-state index in [-0.39, 0.29) is 5.41 Å². The lowest BCUT2D eigenvalue weighted by Crippen LogP contribution is -2.14. The van der Waals surface area contributed by atoms with Crippen molar-refractivity contribution in [3.05, 3.63) is 296 Å². The largest absolute Gasteiger partial charge is 0.309 e. The van der Waals surface area contributed by atoms with Crippen LogP contribution in [0.4, 0.5) is 34.1 Å². The van der Waals surface area contributed by atoms with Gasteiger partial charge in [0.25, 0.3) is 0 Å². The number of fused-ring (bicyclic) bond motifs is 13. The second-order valence-corrected chi connectivity index (χ2v) is 22.3. The zero-order chi connectivity index (χ0) is 55.2. The van der Waals surface area contributed by atoms with Gasteiger partial charge < -0.3 is 9.80 Å². The number of hydrogen-bond acceptors (Lipinski definition) is 5. The van der Waals surface area contributed by atoms with Crippen molar-refractivity contribution in [3.8, 4) is 112 Å². The minimum Gasteiger partial charge on any atom is -0.309 e. The van der Waals surface area contributed by atoms with Crippen molar-refractivity contribution in [1.29, 1.82) is 0 Å². The van der Waals surface area contributed by atoms with Crippen LogP contribution >= 0.6 is 0 Å². The Bertz CT molecular complexity index is 4680. The maximum absolute atomic E-state index is 5.15. The molecule has 0 saturated heterocycles. The molecule has 2 aliphatic heterocycles. The fourth-order valence-corrected chi connectivity index (χ4v) is 13.2. The highest BCUT2D eigenvalue weighted by Gasteiger charge is 2.36. The summed E-state index contributed by atoms with van der Waals surface area (Å²) in [7, 11) is 0. The number of para-hydroxylation sites is 2. The second kappa shape index (κ2) is 19.2. The van der Waals surface area contributed by atoms with Crippen LogP contribution in [0.1, 0.15) is 25.0 Å². The molecule has 0 fully saturated rings. The van der Waals surface area contributed by atoms with Crippen LogP contribution in [-0.2, 0) is 5.41 Å². The van der Waals surface area contributed by atoms with E-state index in [0.717, 1.165) is 73.1 Å². The van der Waals surface area contributed by atoms with E-state index in [4.69, 9.17) is 15.0 Å². The molecule has 0 atom stereocenters. The van der Waals surface area contributed by atoms with Crippen LogP contribution < -0.4 is 9.80 Å². The van der Waals surface area contributed by atoms with Gasteiger partial charge in [0.05, 0.1) is 22.7 Å². The Labute approximate surface area is 483 Å². The summed E-state index contributed by atoms with van der Waals surface area (Å²) in [4.78, 5) is 20.2. The van der Waals surface area contributed by atoms with Gasteiger partial charge in [0.2, 0.25) is 0 Å².